The lowest BCUT2D eigenvalue weighted by molar-refractivity contribution is 0.407. The van der Waals surface area contributed by atoms with Gasteiger partial charge in [-0.05, 0) is 26.0 Å². The third-order valence-electron chi connectivity index (χ3n) is 3.55. The number of H-pyrrole nitrogens is 1. The molecule has 3 aromatic rings. The van der Waals surface area contributed by atoms with E-state index >= 15 is 0 Å². The molecule has 0 aliphatic heterocycles. The molecule has 0 aliphatic carbocycles. The van der Waals surface area contributed by atoms with E-state index in [1.807, 2.05) is 32.0 Å². The second-order valence-electron chi connectivity index (χ2n) is 5.12. The Bertz CT molecular complexity index is 836. The van der Waals surface area contributed by atoms with Gasteiger partial charge in [0.05, 0.1) is 36.8 Å². The molecule has 7 heteroatoms. The summed E-state index contributed by atoms with van der Waals surface area (Å²) in [5.41, 5.74) is 4.82. The van der Waals surface area contributed by atoms with Gasteiger partial charge < -0.3 is 14.5 Å². The molecule has 0 saturated heterocycles. The number of halogens is 1. The van der Waals surface area contributed by atoms with Crippen LogP contribution in [0.1, 0.15) is 16.8 Å². The highest BCUT2D eigenvalue weighted by molar-refractivity contribution is 7.80. The molecule has 3 rings (SSSR count). The molecule has 0 radical (unpaired) electrons. The van der Waals surface area contributed by atoms with Crippen LogP contribution in [-0.4, -0.2) is 29.2 Å². The van der Waals surface area contributed by atoms with E-state index in [2.05, 4.69) is 27.6 Å². The number of imidazole rings is 1. The van der Waals surface area contributed by atoms with Crippen LogP contribution in [0.3, 0.4) is 0 Å². The Morgan fingerprint density at radius 3 is 2.58 bits per heavy atom. The summed E-state index contributed by atoms with van der Waals surface area (Å²) in [6.45, 7) is 3.94. The summed E-state index contributed by atoms with van der Waals surface area (Å²) in [5, 5.41) is 0.623. The quantitative estimate of drug-likeness (QED) is 0.536. The van der Waals surface area contributed by atoms with Gasteiger partial charge in [0.15, 0.2) is 5.16 Å². The average Bonchev–Trinajstić information content (AvgIpc) is 2.95. The molecule has 128 valence electrons. The minimum atomic E-state index is 0.433. The summed E-state index contributed by atoms with van der Waals surface area (Å²) in [5.74, 6) is 2.13. The Balaban J connectivity index is 0.000000174. The van der Waals surface area contributed by atoms with Gasteiger partial charge in [0.25, 0.3) is 0 Å². The number of hydrogen-bond acceptors (Lipinski definition) is 5. The number of nitrogens with one attached hydrogen (secondary N) is 1. The van der Waals surface area contributed by atoms with Gasteiger partial charge in [0.2, 0.25) is 0 Å². The first-order valence-electron chi connectivity index (χ1n) is 7.27. The molecule has 0 spiro atoms. The van der Waals surface area contributed by atoms with Gasteiger partial charge in [-0.3, -0.25) is 4.98 Å². The maximum Gasteiger partial charge on any atom is 0.163 e. The fourth-order valence-electron chi connectivity index (χ4n) is 2.30. The maximum absolute atomic E-state index is 5.70. The molecule has 2 heterocycles. The first-order valence-corrected chi connectivity index (χ1v) is 8.26. The van der Waals surface area contributed by atoms with Crippen molar-refractivity contribution in [2.45, 2.75) is 24.9 Å². The Morgan fingerprint density at radius 1 is 1.21 bits per heavy atom. The Hall–Kier alpha value is -1.92. The molecular weight excluding hydrogens is 346 g/mol. The number of rotatable bonds is 3. The van der Waals surface area contributed by atoms with E-state index in [4.69, 9.17) is 21.1 Å². The molecule has 24 heavy (non-hydrogen) atoms. The van der Waals surface area contributed by atoms with Crippen molar-refractivity contribution in [1.82, 2.24) is 15.0 Å². The number of thiol groups is 1. The van der Waals surface area contributed by atoms with Gasteiger partial charge in [-0.25, -0.2) is 4.98 Å². The normalized spacial score (nSPS) is 10.2. The number of aryl methyl sites for hydroxylation is 1. The first-order chi connectivity index (χ1) is 11.5. The molecule has 0 unspecified atom stereocenters. The summed E-state index contributed by atoms with van der Waals surface area (Å²) in [7, 11) is 3.29. The van der Waals surface area contributed by atoms with Crippen molar-refractivity contribution in [2.24, 2.45) is 0 Å². The minimum absolute atomic E-state index is 0.433. The molecule has 0 saturated carbocycles. The molecule has 0 fully saturated rings. The second-order valence-corrected chi connectivity index (χ2v) is 5.81. The number of ether oxygens (including phenoxy) is 2. The second kappa shape index (κ2) is 8.26. The van der Waals surface area contributed by atoms with Gasteiger partial charge in [0, 0.05) is 23.4 Å². The van der Waals surface area contributed by atoms with Gasteiger partial charge >= 0.3 is 0 Å². The number of methoxy groups -OCH3 is 2. The van der Waals surface area contributed by atoms with E-state index in [1.54, 1.807) is 20.4 Å². The zero-order valence-electron chi connectivity index (χ0n) is 14.1. The van der Waals surface area contributed by atoms with Gasteiger partial charge in [-0.15, -0.1) is 24.2 Å². The van der Waals surface area contributed by atoms with Crippen molar-refractivity contribution in [3.8, 4) is 11.5 Å². The number of hydrogen-bond donors (Lipinski definition) is 2. The highest BCUT2D eigenvalue weighted by Gasteiger charge is 2.07. The van der Waals surface area contributed by atoms with Crippen molar-refractivity contribution in [3.63, 3.8) is 0 Å². The van der Waals surface area contributed by atoms with Gasteiger partial charge in [0.1, 0.15) is 11.5 Å². The van der Waals surface area contributed by atoms with Crippen LogP contribution in [-0.2, 0) is 5.88 Å². The molecule has 1 N–H and O–H groups in total. The van der Waals surface area contributed by atoms with E-state index in [1.165, 1.54) is 0 Å². The SMILES string of the molecule is COc1c(C)cnc(CCl)c1C.COc1ccc2[nH]c(S)nc2c1. The topological polar surface area (TPSA) is 60.0 Å². The van der Waals surface area contributed by atoms with Crippen molar-refractivity contribution in [2.75, 3.05) is 14.2 Å². The molecule has 2 aromatic heterocycles. The molecule has 0 atom stereocenters. The maximum atomic E-state index is 5.70. The van der Waals surface area contributed by atoms with E-state index in [9.17, 15) is 0 Å². The summed E-state index contributed by atoms with van der Waals surface area (Å²) < 4.78 is 10.3. The van der Waals surface area contributed by atoms with Crippen LogP contribution in [0.2, 0.25) is 0 Å². The van der Waals surface area contributed by atoms with Crippen LogP contribution in [0.25, 0.3) is 11.0 Å². The fourth-order valence-corrected chi connectivity index (χ4v) is 2.80. The van der Waals surface area contributed by atoms with E-state index in [0.29, 0.717) is 11.0 Å². The van der Waals surface area contributed by atoms with Crippen molar-refractivity contribution in [3.05, 3.63) is 41.2 Å². The lowest BCUT2D eigenvalue weighted by Gasteiger charge is -2.09. The number of pyridine rings is 1. The van der Waals surface area contributed by atoms with E-state index in [0.717, 1.165) is 39.4 Å². The highest BCUT2D eigenvalue weighted by Crippen LogP contribution is 2.24. The van der Waals surface area contributed by atoms with Crippen LogP contribution >= 0.6 is 24.2 Å². The summed E-state index contributed by atoms with van der Waals surface area (Å²) in [6, 6.07) is 5.67. The highest BCUT2D eigenvalue weighted by atomic mass is 35.5. The van der Waals surface area contributed by atoms with Crippen LogP contribution in [0, 0.1) is 13.8 Å². The van der Waals surface area contributed by atoms with Crippen LogP contribution in [0.15, 0.2) is 29.6 Å². The van der Waals surface area contributed by atoms with Gasteiger partial charge in [-0.2, -0.15) is 0 Å². The molecule has 1 aromatic carbocycles. The smallest absolute Gasteiger partial charge is 0.163 e. The van der Waals surface area contributed by atoms with Crippen LogP contribution < -0.4 is 9.47 Å². The fraction of sp³-hybridized carbons (Fsp3) is 0.294. The number of fused-ring (bicyclic) bond motifs is 1. The predicted molar refractivity (Wildman–Crippen MR) is 99.7 cm³/mol. The van der Waals surface area contributed by atoms with Crippen molar-refractivity contribution < 1.29 is 9.47 Å². The lowest BCUT2D eigenvalue weighted by Crippen LogP contribution is -1.97. The Labute approximate surface area is 151 Å². The number of benzene rings is 1. The largest absolute Gasteiger partial charge is 0.497 e. The number of aromatic nitrogens is 3. The monoisotopic (exact) mass is 365 g/mol. The number of aromatic amines is 1. The zero-order chi connectivity index (χ0) is 17.7. The first kappa shape index (κ1) is 18.4. The Kier molecular flexibility index (Phi) is 6.34. The van der Waals surface area contributed by atoms with E-state index in [-0.39, 0.29) is 0 Å². The Morgan fingerprint density at radius 2 is 1.96 bits per heavy atom. The summed E-state index contributed by atoms with van der Waals surface area (Å²) >= 11 is 9.79. The number of nitrogens with zero attached hydrogens (tertiary/aromatic N) is 2. The molecule has 0 bridgehead atoms. The van der Waals surface area contributed by atoms with Crippen LogP contribution in [0.5, 0.6) is 11.5 Å². The van der Waals surface area contributed by atoms with Gasteiger partial charge in [-0.1, -0.05) is 0 Å². The third kappa shape index (κ3) is 4.13. The van der Waals surface area contributed by atoms with E-state index < -0.39 is 0 Å². The third-order valence-corrected chi connectivity index (χ3v) is 4.02. The molecule has 5 nitrogen and oxygen atoms in total. The standard InChI is InChI=1S/C9H12ClNO.C8H8N2OS/c1-6-5-11-8(4-10)7(2)9(6)12-3;1-11-5-2-3-6-7(4-5)10-8(12)9-6/h5H,4H2,1-3H3;2-4H,1H3,(H2,9,10,12). The van der Waals surface area contributed by atoms with Crippen molar-refractivity contribution >= 4 is 35.3 Å². The summed E-state index contributed by atoms with van der Waals surface area (Å²) in [4.78, 5) is 11.4. The zero-order valence-corrected chi connectivity index (χ0v) is 15.7. The predicted octanol–water partition coefficient (Wildman–Crippen LogP) is 4.31. The molecule has 0 amide bonds. The summed E-state index contributed by atoms with van der Waals surface area (Å²) in [6.07, 6.45) is 1.78. The van der Waals surface area contributed by atoms with Crippen molar-refractivity contribution in [1.29, 1.82) is 0 Å². The lowest BCUT2D eigenvalue weighted by atomic mass is 10.1. The molecular formula is C17H20ClN3O2S. The average molecular weight is 366 g/mol. The molecule has 0 aliphatic rings. The van der Waals surface area contributed by atoms with Crippen LogP contribution in [0.4, 0.5) is 0 Å². The number of alkyl halides is 1. The minimum Gasteiger partial charge on any atom is -0.497 e.